The average molecular weight is 180 g/mol. The summed E-state index contributed by atoms with van der Waals surface area (Å²) >= 11 is 0. The minimum absolute atomic E-state index is 0.225. The van der Waals surface area contributed by atoms with E-state index in [9.17, 15) is 4.79 Å². The molecule has 1 aliphatic rings. The highest BCUT2D eigenvalue weighted by Gasteiger charge is 2.07. The topological polar surface area (TPSA) is 26.3 Å². The second-order valence-corrected chi connectivity index (χ2v) is 3.28. The first-order valence-corrected chi connectivity index (χ1v) is 4.80. The van der Waals surface area contributed by atoms with Gasteiger partial charge in [-0.1, -0.05) is 24.6 Å². The predicted octanol–water partition coefficient (Wildman–Crippen LogP) is 2.61. The van der Waals surface area contributed by atoms with Crippen LogP contribution in [0.15, 0.2) is 24.3 Å². The molecule has 0 aliphatic heterocycles. The third-order valence-corrected chi connectivity index (χ3v) is 2.16. The molecular weight excluding hydrogens is 164 g/mol. The summed E-state index contributed by atoms with van der Waals surface area (Å²) in [6.07, 6.45) is 9.05. The number of carbonyl (C=O) groups excluding carboxylic acids is 1. The Morgan fingerprint density at radius 2 is 2.08 bits per heavy atom. The van der Waals surface area contributed by atoms with Gasteiger partial charge in [0.2, 0.25) is 0 Å². The third kappa shape index (κ3) is 3.92. The molecule has 0 unspecified atom stereocenters. The molecule has 2 heteroatoms. The van der Waals surface area contributed by atoms with E-state index in [1.54, 1.807) is 12.2 Å². The molecule has 1 fully saturated rings. The molecular formula is C11H16O2. The van der Waals surface area contributed by atoms with Gasteiger partial charge in [-0.15, -0.1) is 0 Å². The van der Waals surface area contributed by atoms with Crippen LogP contribution in [0.3, 0.4) is 0 Å². The lowest BCUT2D eigenvalue weighted by Crippen LogP contribution is -2.03. The average Bonchev–Trinajstić information content (AvgIpc) is 2.16. The number of carbonyl (C=O) groups is 1. The number of hydrogen-bond donors (Lipinski definition) is 0. The van der Waals surface area contributed by atoms with Crippen molar-refractivity contribution in [3.63, 3.8) is 0 Å². The largest absolute Gasteiger partial charge is 0.458 e. The molecule has 0 radical (unpaired) electrons. The monoisotopic (exact) mass is 180 g/mol. The van der Waals surface area contributed by atoms with Crippen LogP contribution in [0, 0.1) is 0 Å². The van der Waals surface area contributed by atoms with Crippen molar-refractivity contribution in [1.82, 2.24) is 0 Å². The number of allylic oxidation sites excluding steroid dienone is 1. The van der Waals surface area contributed by atoms with Crippen molar-refractivity contribution in [3.05, 3.63) is 24.3 Å². The summed E-state index contributed by atoms with van der Waals surface area (Å²) in [6, 6.07) is 0. The van der Waals surface area contributed by atoms with Crippen LogP contribution in [0.25, 0.3) is 0 Å². The standard InChI is InChI=1S/C11H16O2/c1-2-8-13-11(12)9-10-6-4-3-5-7-10/h2,9H,1,3-8H2. The summed E-state index contributed by atoms with van der Waals surface area (Å²) in [5.41, 5.74) is 1.24. The van der Waals surface area contributed by atoms with Gasteiger partial charge >= 0.3 is 5.97 Å². The van der Waals surface area contributed by atoms with Crippen LogP contribution in [-0.2, 0) is 9.53 Å². The molecule has 1 aliphatic carbocycles. The van der Waals surface area contributed by atoms with Crippen LogP contribution in [0.1, 0.15) is 32.1 Å². The molecule has 0 aromatic rings. The van der Waals surface area contributed by atoms with Gasteiger partial charge < -0.3 is 4.74 Å². The van der Waals surface area contributed by atoms with E-state index in [2.05, 4.69) is 6.58 Å². The maximum absolute atomic E-state index is 11.1. The zero-order valence-electron chi connectivity index (χ0n) is 7.92. The second-order valence-electron chi connectivity index (χ2n) is 3.28. The zero-order chi connectivity index (χ0) is 9.52. The van der Waals surface area contributed by atoms with Crippen molar-refractivity contribution in [1.29, 1.82) is 0 Å². The lowest BCUT2D eigenvalue weighted by Gasteiger charge is -2.12. The minimum atomic E-state index is -0.225. The van der Waals surface area contributed by atoms with Crippen molar-refractivity contribution in [2.45, 2.75) is 32.1 Å². The van der Waals surface area contributed by atoms with E-state index in [1.165, 1.54) is 24.8 Å². The molecule has 0 aromatic carbocycles. The first-order chi connectivity index (χ1) is 6.33. The maximum Gasteiger partial charge on any atom is 0.331 e. The van der Waals surface area contributed by atoms with E-state index in [4.69, 9.17) is 4.74 Å². The van der Waals surface area contributed by atoms with Gasteiger partial charge in [-0.25, -0.2) is 4.79 Å². The van der Waals surface area contributed by atoms with Gasteiger partial charge in [0.25, 0.3) is 0 Å². The molecule has 0 aromatic heterocycles. The van der Waals surface area contributed by atoms with Crippen LogP contribution >= 0.6 is 0 Å². The summed E-state index contributed by atoms with van der Waals surface area (Å²) in [7, 11) is 0. The molecule has 0 atom stereocenters. The number of hydrogen-bond acceptors (Lipinski definition) is 2. The van der Waals surface area contributed by atoms with E-state index in [0.29, 0.717) is 6.61 Å². The van der Waals surface area contributed by atoms with Crippen molar-refractivity contribution in [2.75, 3.05) is 6.61 Å². The lowest BCUT2D eigenvalue weighted by molar-refractivity contribution is -0.136. The summed E-state index contributed by atoms with van der Waals surface area (Å²) in [5, 5.41) is 0. The zero-order valence-corrected chi connectivity index (χ0v) is 7.92. The van der Waals surface area contributed by atoms with Crippen LogP contribution < -0.4 is 0 Å². The molecule has 2 nitrogen and oxygen atoms in total. The molecule has 13 heavy (non-hydrogen) atoms. The molecule has 0 heterocycles. The molecule has 0 amide bonds. The van der Waals surface area contributed by atoms with Crippen molar-refractivity contribution >= 4 is 5.97 Å². The van der Waals surface area contributed by atoms with Crippen LogP contribution in [-0.4, -0.2) is 12.6 Å². The normalized spacial score (nSPS) is 16.5. The molecule has 1 saturated carbocycles. The Morgan fingerprint density at radius 1 is 1.38 bits per heavy atom. The van der Waals surface area contributed by atoms with Crippen LogP contribution in [0.5, 0.6) is 0 Å². The number of esters is 1. The summed E-state index contributed by atoms with van der Waals surface area (Å²) < 4.78 is 4.86. The predicted molar refractivity (Wildman–Crippen MR) is 52.3 cm³/mol. The molecule has 0 N–H and O–H groups in total. The number of ether oxygens (including phenoxy) is 1. The summed E-state index contributed by atoms with van der Waals surface area (Å²) in [4.78, 5) is 11.1. The van der Waals surface area contributed by atoms with Gasteiger partial charge in [-0.05, 0) is 25.7 Å². The van der Waals surface area contributed by atoms with E-state index in [0.717, 1.165) is 12.8 Å². The lowest BCUT2D eigenvalue weighted by atomic mass is 9.95. The molecule has 0 saturated heterocycles. The van der Waals surface area contributed by atoms with Gasteiger partial charge in [0.05, 0.1) is 0 Å². The van der Waals surface area contributed by atoms with E-state index < -0.39 is 0 Å². The van der Waals surface area contributed by atoms with Gasteiger partial charge in [0.15, 0.2) is 0 Å². The van der Waals surface area contributed by atoms with E-state index >= 15 is 0 Å². The fraction of sp³-hybridized carbons (Fsp3) is 0.545. The molecule has 0 bridgehead atoms. The highest BCUT2D eigenvalue weighted by Crippen LogP contribution is 2.22. The van der Waals surface area contributed by atoms with Gasteiger partial charge in [0.1, 0.15) is 6.61 Å². The molecule has 0 spiro atoms. The highest BCUT2D eigenvalue weighted by atomic mass is 16.5. The van der Waals surface area contributed by atoms with Gasteiger partial charge in [-0.3, -0.25) is 0 Å². The fourth-order valence-corrected chi connectivity index (χ4v) is 1.50. The van der Waals surface area contributed by atoms with E-state index in [-0.39, 0.29) is 5.97 Å². The van der Waals surface area contributed by atoms with Crippen molar-refractivity contribution in [3.8, 4) is 0 Å². The van der Waals surface area contributed by atoms with Crippen molar-refractivity contribution in [2.24, 2.45) is 0 Å². The molecule has 1 rings (SSSR count). The Labute approximate surface area is 79.3 Å². The third-order valence-electron chi connectivity index (χ3n) is 2.16. The SMILES string of the molecule is C=CCOC(=O)C=C1CCCCC1. The van der Waals surface area contributed by atoms with Gasteiger partial charge in [0, 0.05) is 6.08 Å². The summed E-state index contributed by atoms with van der Waals surface area (Å²) in [6.45, 7) is 3.79. The van der Waals surface area contributed by atoms with Crippen molar-refractivity contribution < 1.29 is 9.53 Å². The Kier molecular flexibility index (Phi) is 4.30. The van der Waals surface area contributed by atoms with E-state index in [1.807, 2.05) is 0 Å². The Balaban J connectivity index is 2.34. The smallest absolute Gasteiger partial charge is 0.331 e. The Hall–Kier alpha value is -1.05. The number of rotatable bonds is 3. The Morgan fingerprint density at radius 3 is 2.69 bits per heavy atom. The maximum atomic E-state index is 11.1. The van der Waals surface area contributed by atoms with Gasteiger partial charge in [-0.2, -0.15) is 0 Å². The summed E-state index contributed by atoms with van der Waals surface area (Å²) in [5.74, 6) is -0.225. The highest BCUT2D eigenvalue weighted by molar-refractivity contribution is 5.82. The van der Waals surface area contributed by atoms with Crippen LogP contribution in [0.4, 0.5) is 0 Å². The fourth-order valence-electron chi connectivity index (χ4n) is 1.50. The first-order valence-electron chi connectivity index (χ1n) is 4.80. The van der Waals surface area contributed by atoms with Crippen LogP contribution in [0.2, 0.25) is 0 Å². The first kappa shape index (κ1) is 10.0. The molecule has 72 valence electrons. The quantitative estimate of drug-likeness (QED) is 0.379. The second kappa shape index (κ2) is 5.57. The minimum Gasteiger partial charge on any atom is -0.458 e. The Bertz CT molecular complexity index is 208.